The van der Waals surface area contributed by atoms with Gasteiger partial charge in [0.15, 0.2) is 0 Å². The number of allylic oxidation sites excluding steroid dienone is 1. The van der Waals surface area contributed by atoms with Crippen LogP contribution >= 0.6 is 0 Å². The summed E-state index contributed by atoms with van der Waals surface area (Å²) in [5, 5.41) is 0. The summed E-state index contributed by atoms with van der Waals surface area (Å²) in [6.45, 7) is 4.35. The maximum absolute atomic E-state index is 12.9. The largest absolute Gasteiger partial charge is 0.454 e. The van der Waals surface area contributed by atoms with Crippen LogP contribution in [-0.2, 0) is 19.6 Å². The molecule has 0 saturated carbocycles. The van der Waals surface area contributed by atoms with Gasteiger partial charge in [-0.05, 0) is 38.3 Å². The van der Waals surface area contributed by atoms with Gasteiger partial charge >= 0.3 is 5.97 Å². The summed E-state index contributed by atoms with van der Waals surface area (Å²) in [5.74, 6) is -0.371. The fourth-order valence-electron chi connectivity index (χ4n) is 3.12. The molecule has 2 heterocycles. The van der Waals surface area contributed by atoms with Crippen molar-refractivity contribution in [2.24, 2.45) is 0 Å². The first-order valence-electron chi connectivity index (χ1n) is 7.98. The molecule has 0 amide bonds. The van der Waals surface area contributed by atoms with Crippen LogP contribution in [0.25, 0.3) is 0 Å². The van der Waals surface area contributed by atoms with E-state index in [4.69, 9.17) is 4.74 Å². The quantitative estimate of drug-likeness (QED) is 0.627. The van der Waals surface area contributed by atoms with Gasteiger partial charge in [0.25, 0.3) is 10.0 Å². The number of aryl methyl sites for hydroxylation is 1. The summed E-state index contributed by atoms with van der Waals surface area (Å²) in [7, 11) is -3.62. The zero-order valence-corrected chi connectivity index (χ0v) is 14.2. The van der Waals surface area contributed by atoms with Crippen molar-refractivity contribution in [3.05, 3.63) is 41.1 Å². The molecule has 2 aliphatic heterocycles. The number of hydrogen-bond donors (Lipinski definition) is 0. The van der Waals surface area contributed by atoms with Crippen molar-refractivity contribution in [1.29, 1.82) is 0 Å². The topological polar surface area (TPSA) is 63.7 Å². The molecule has 3 rings (SSSR count). The third kappa shape index (κ3) is 2.76. The molecule has 23 heavy (non-hydrogen) atoms. The van der Waals surface area contributed by atoms with Crippen molar-refractivity contribution in [1.82, 2.24) is 4.31 Å². The van der Waals surface area contributed by atoms with E-state index in [1.54, 1.807) is 24.3 Å². The molecular formula is C17H21NO4S. The first-order chi connectivity index (χ1) is 10.9. The summed E-state index contributed by atoms with van der Waals surface area (Å²) < 4.78 is 32.4. The molecule has 2 fully saturated rings. The van der Waals surface area contributed by atoms with Gasteiger partial charge in [0.1, 0.15) is 6.10 Å². The van der Waals surface area contributed by atoms with E-state index in [1.807, 2.05) is 13.8 Å². The van der Waals surface area contributed by atoms with Crippen LogP contribution in [0.5, 0.6) is 0 Å². The highest BCUT2D eigenvalue weighted by atomic mass is 32.2. The molecule has 0 N–H and O–H groups in total. The van der Waals surface area contributed by atoms with Crippen LogP contribution in [0.15, 0.2) is 40.4 Å². The molecule has 0 radical (unpaired) electrons. The monoisotopic (exact) mass is 335 g/mol. The third-order valence-electron chi connectivity index (χ3n) is 4.34. The average Bonchev–Trinajstić information content (AvgIpc) is 2.96. The molecule has 0 bridgehead atoms. The van der Waals surface area contributed by atoms with E-state index >= 15 is 0 Å². The van der Waals surface area contributed by atoms with Crippen molar-refractivity contribution < 1.29 is 17.9 Å². The summed E-state index contributed by atoms with van der Waals surface area (Å²) in [5.41, 5.74) is 2.19. The van der Waals surface area contributed by atoms with Gasteiger partial charge in [-0.3, -0.25) is 4.31 Å². The standard InChI is InChI=1S/C17H21NO4S/c1-3-5-15-16(17(19)22-15)14-6-4-11-18(14)23(20,21)13-9-7-12(2)8-10-13/h7-10,15H,3-6,11H2,1-2H3/b16-14+. The molecule has 0 spiro atoms. The SMILES string of the molecule is CCCC1OC(=O)/C1=C1\CCCN1S(=O)(=O)c1ccc(C)cc1. The zero-order valence-electron chi connectivity index (χ0n) is 13.4. The molecule has 5 nitrogen and oxygen atoms in total. The van der Waals surface area contributed by atoms with E-state index < -0.39 is 10.0 Å². The lowest BCUT2D eigenvalue weighted by atomic mass is 9.97. The van der Waals surface area contributed by atoms with Crippen molar-refractivity contribution in [3.63, 3.8) is 0 Å². The van der Waals surface area contributed by atoms with Gasteiger partial charge in [-0.25, -0.2) is 13.2 Å². The van der Waals surface area contributed by atoms with E-state index in [9.17, 15) is 13.2 Å². The Morgan fingerprint density at radius 2 is 1.96 bits per heavy atom. The number of benzene rings is 1. The Kier molecular flexibility index (Phi) is 4.19. The van der Waals surface area contributed by atoms with Crippen LogP contribution < -0.4 is 0 Å². The Hall–Kier alpha value is -1.82. The molecule has 1 aromatic rings. The predicted octanol–water partition coefficient (Wildman–Crippen LogP) is 2.76. The molecule has 0 aliphatic carbocycles. The molecule has 2 aliphatic rings. The molecule has 2 saturated heterocycles. The number of carbonyl (C=O) groups is 1. The van der Waals surface area contributed by atoms with E-state index in [2.05, 4.69) is 0 Å². The molecule has 1 unspecified atom stereocenters. The maximum atomic E-state index is 12.9. The lowest BCUT2D eigenvalue weighted by Crippen LogP contribution is -2.40. The van der Waals surface area contributed by atoms with Gasteiger partial charge in [0, 0.05) is 12.2 Å². The number of ether oxygens (including phenoxy) is 1. The van der Waals surface area contributed by atoms with E-state index in [0.717, 1.165) is 24.8 Å². The lowest BCUT2D eigenvalue weighted by molar-refractivity contribution is -0.156. The second kappa shape index (κ2) is 6.00. The van der Waals surface area contributed by atoms with Crippen LogP contribution in [0, 0.1) is 6.92 Å². The number of sulfonamides is 1. The molecule has 6 heteroatoms. The van der Waals surface area contributed by atoms with Crippen LogP contribution in [0.4, 0.5) is 0 Å². The molecule has 0 aromatic heterocycles. The number of nitrogens with zero attached hydrogens (tertiary/aromatic N) is 1. The Morgan fingerprint density at radius 1 is 1.26 bits per heavy atom. The molecule has 1 atom stereocenters. The second-order valence-electron chi connectivity index (χ2n) is 6.04. The van der Waals surface area contributed by atoms with Crippen LogP contribution in [0.1, 0.15) is 38.2 Å². The highest BCUT2D eigenvalue weighted by molar-refractivity contribution is 7.89. The minimum Gasteiger partial charge on any atom is -0.454 e. The van der Waals surface area contributed by atoms with Gasteiger partial charge in [-0.2, -0.15) is 0 Å². The first kappa shape index (κ1) is 16.1. The van der Waals surface area contributed by atoms with Crippen LogP contribution in [-0.4, -0.2) is 31.3 Å². The minimum atomic E-state index is -3.62. The minimum absolute atomic E-state index is 0.253. The first-order valence-corrected chi connectivity index (χ1v) is 9.42. The number of esters is 1. The van der Waals surface area contributed by atoms with Gasteiger partial charge in [-0.1, -0.05) is 31.0 Å². The van der Waals surface area contributed by atoms with Gasteiger partial charge in [0.2, 0.25) is 0 Å². The van der Waals surface area contributed by atoms with Gasteiger partial charge < -0.3 is 4.74 Å². The Morgan fingerprint density at radius 3 is 2.57 bits per heavy atom. The maximum Gasteiger partial charge on any atom is 0.340 e. The smallest absolute Gasteiger partial charge is 0.340 e. The highest BCUT2D eigenvalue weighted by Gasteiger charge is 2.43. The highest BCUT2D eigenvalue weighted by Crippen LogP contribution is 2.37. The van der Waals surface area contributed by atoms with E-state index in [0.29, 0.717) is 24.2 Å². The Balaban J connectivity index is 1.98. The summed E-state index contributed by atoms with van der Waals surface area (Å²) >= 11 is 0. The third-order valence-corrected chi connectivity index (χ3v) is 6.19. The summed E-state index contributed by atoms with van der Waals surface area (Å²) in [6.07, 6.45) is 2.71. The normalized spacial score (nSPS) is 24.5. The number of hydrogen-bond acceptors (Lipinski definition) is 4. The van der Waals surface area contributed by atoms with Gasteiger partial charge in [-0.15, -0.1) is 0 Å². The van der Waals surface area contributed by atoms with Crippen molar-refractivity contribution in [2.45, 2.75) is 50.5 Å². The lowest BCUT2D eigenvalue weighted by Gasteiger charge is -2.33. The molecule has 124 valence electrons. The second-order valence-corrected chi connectivity index (χ2v) is 7.90. The van der Waals surface area contributed by atoms with Crippen LogP contribution in [0.2, 0.25) is 0 Å². The number of carbonyl (C=O) groups excluding carboxylic acids is 1. The Labute approximate surface area is 137 Å². The number of cyclic esters (lactones) is 1. The Bertz CT molecular complexity index is 749. The summed E-state index contributed by atoms with van der Waals surface area (Å²) in [6, 6.07) is 6.81. The van der Waals surface area contributed by atoms with E-state index in [-0.39, 0.29) is 17.0 Å². The average molecular weight is 335 g/mol. The zero-order chi connectivity index (χ0) is 16.6. The fraction of sp³-hybridized carbons (Fsp3) is 0.471. The fourth-order valence-corrected chi connectivity index (χ4v) is 4.70. The molecular weight excluding hydrogens is 314 g/mol. The predicted molar refractivity (Wildman–Crippen MR) is 86.1 cm³/mol. The van der Waals surface area contributed by atoms with Crippen LogP contribution in [0.3, 0.4) is 0 Å². The van der Waals surface area contributed by atoms with E-state index in [1.165, 1.54) is 4.31 Å². The molecule has 1 aromatic carbocycles. The van der Waals surface area contributed by atoms with Gasteiger partial charge in [0.05, 0.1) is 10.5 Å². The van der Waals surface area contributed by atoms with Crippen molar-refractivity contribution >= 4 is 16.0 Å². The number of rotatable bonds is 4. The van der Waals surface area contributed by atoms with Crippen molar-refractivity contribution in [3.8, 4) is 0 Å². The summed E-state index contributed by atoms with van der Waals surface area (Å²) in [4.78, 5) is 12.1. The van der Waals surface area contributed by atoms with Crippen molar-refractivity contribution in [2.75, 3.05) is 6.54 Å².